The molecule has 1 aliphatic carbocycles. The fraction of sp³-hybridized carbons (Fsp3) is 0.917. The Hall–Kier alpha value is -0.570. The first-order valence-electron chi connectivity index (χ1n) is 6.34. The molecular weight excluding hydrogens is 188 g/mol. The summed E-state index contributed by atoms with van der Waals surface area (Å²) in [6.07, 6.45) is 5.02. The van der Waals surface area contributed by atoms with Gasteiger partial charge in [-0.05, 0) is 50.6 Å². The van der Waals surface area contributed by atoms with E-state index in [1.54, 1.807) is 0 Å². The molecule has 84 valence electrons. The number of likely N-dealkylation sites (tertiary alicyclic amines) is 1. The van der Waals surface area contributed by atoms with E-state index in [1.165, 1.54) is 19.3 Å². The summed E-state index contributed by atoms with van der Waals surface area (Å²) in [7, 11) is 0. The summed E-state index contributed by atoms with van der Waals surface area (Å²) in [5.41, 5.74) is 0. The molecule has 0 aromatic heterocycles. The first-order valence-corrected chi connectivity index (χ1v) is 6.34. The summed E-state index contributed by atoms with van der Waals surface area (Å²) in [5.74, 6) is 2.30. The van der Waals surface area contributed by atoms with E-state index in [1.807, 2.05) is 0 Å². The molecule has 3 unspecified atom stereocenters. The number of hydrogen-bond donors (Lipinski definition) is 1. The maximum atomic E-state index is 11.9. The highest BCUT2D eigenvalue weighted by Gasteiger charge is 2.46. The Morgan fingerprint density at radius 2 is 2.27 bits per heavy atom. The van der Waals surface area contributed by atoms with Crippen molar-refractivity contribution in [2.45, 2.75) is 25.7 Å². The second kappa shape index (κ2) is 3.78. The van der Waals surface area contributed by atoms with Gasteiger partial charge in [-0.1, -0.05) is 0 Å². The molecule has 2 heterocycles. The SMILES string of the molecule is O=C1C2CCC2CN1CC1CCCNC1. The minimum absolute atomic E-state index is 0.418. The van der Waals surface area contributed by atoms with Crippen LogP contribution < -0.4 is 5.32 Å². The van der Waals surface area contributed by atoms with Crippen LogP contribution in [0.5, 0.6) is 0 Å². The van der Waals surface area contributed by atoms with Crippen LogP contribution in [0, 0.1) is 17.8 Å². The smallest absolute Gasteiger partial charge is 0.226 e. The third-order valence-electron chi connectivity index (χ3n) is 4.38. The maximum Gasteiger partial charge on any atom is 0.226 e. The van der Waals surface area contributed by atoms with Crippen molar-refractivity contribution in [1.29, 1.82) is 0 Å². The second-order valence-corrected chi connectivity index (χ2v) is 5.40. The fourth-order valence-electron chi connectivity index (χ4n) is 3.28. The molecule has 1 amide bonds. The predicted octanol–water partition coefficient (Wildman–Crippen LogP) is 0.854. The average molecular weight is 208 g/mol. The standard InChI is InChI=1S/C12H20N2O/c15-12-11-4-3-10(11)8-14(12)7-9-2-1-5-13-6-9/h9-11,13H,1-8H2. The van der Waals surface area contributed by atoms with Crippen molar-refractivity contribution < 1.29 is 4.79 Å². The van der Waals surface area contributed by atoms with Crippen LogP contribution >= 0.6 is 0 Å². The summed E-state index contributed by atoms with van der Waals surface area (Å²) in [5, 5.41) is 3.42. The Bertz CT molecular complexity index is 260. The largest absolute Gasteiger partial charge is 0.342 e. The Labute approximate surface area is 91.2 Å². The highest BCUT2D eigenvalue weighted by atomic mass is 16.2. The number of carbonyl (C=O) groups is 1. The maximum absolute atomic E-state index is 11.9. The molecule has 3 nitrogen and oxygen atoms in total. The number of nitrogens with zero attached hydrogens (tertiary/aromatic N) is 1. The van der Waals surface area contributed by atoms with Gasteiger partial charge in [-0.2, -0.15) is 0 Å². The molecule has 3 fully saturated rings. The van der Waals surface area contributed by atoms with Crippen molar-refractivity contribution >= 4 is 5.91 Å². The zero-order valence-electron chi connectivity index (χ0n) is 9.24. The van der Waals surface area contributed by atoms with Gasteiger partial charge in [0.2, 0.25) is 5.91 Å². The molecular formula is C12H20N2O. The number of rotatable bonds is 2. The molecule has 2 aliphatic heterocycles. The van der Waals surface area contributed by atoms with Gasteiger partial charge in [-0.25, -0.2) is 0 Å². The number of amides is 1. The normalized spacial score (nSPS) is 40.1. The third-order valence-corrected chi connectivity index (χ3v) is 4.38. The molecule has 0 radical (unpaired) electrons. The lowest BCUT2D eigenvalue weighted by Gasteiger charge is -2.27. The summed E-state index contributed by atoms with van der Waals surface area (Å²) < 4.78 is 0. The average Bonchev–Trinajstić information content (AvgIpc) is 2.42. The van der Waals surface area contributed by atoms with Crippen LogP contribution in [0.2, 0.25) is 0 Å². The molecule has 1 saturated carbocycles. The topological polar surface area (TPSA) is 32.3 Å². The molecule has 2 saturated heterocycles. The zero-order valence-corrected chi connectivity index (χ0v) is 9.24. The van der Waals surface area contributed by atoms with Crippen molar-refractivity contribution in [1.82, 2.24) is 10.2 Å². The van der Waals surface area contributed by atoms with Crippen molar-refractivity contribution in [3.8, 4) is 0 Å². The summed E-state index contributed by atoms with van der Waals surface area (Å²) in [6.45, 7) is 4.34. The Morgan fingerprint density at radius 3 is 2.80 bits per heavy atom. The van der Waals surface area contributed by atoms with Gasteiger partial charge in [-0.3, -0.25) is 4.79 Å². The Balaban J connectivity index is 1.56. The lowest BCUT2D eigenvalue weighted by atomic mass is 9.76. The zero-order chi connectivity index (χ0) is 10.3. The van der Waals surface area contributed by atoms with E-state index in [2.05, 4.69) is 10.2 Å². The van der Waals surface area contributed by atoms with E-state index in [0.29, 0.717) is 23.7 Å². The highest BCUT2D eigenvalue weighted by Crippen LogP contribution is 2.41. The van der Waals surface area contributed by atoms with Gasteiger partial charge in [0.15, 0.2) is 0 Å². The first-order chi connectivity index (χ1) is 7.34. The van der Waals surface area contributed by atoms with Gasteiger partial charge in [0.1, 0.15) is 0 Å². The molecule has 3 atom stereocenters. The summed E-state index contributed by atoms with van der Waals surface area (Å²) >= 11 is 0. The molecule has 0 aromatic rings. The van der Waals surface area contributed by atoms with Crippen LogP contribution in [0.3, 0.4) is 0 Å². The van der Waals surface area contributed by atoms with E-state index < -0.39 is 0 Å². The molecule has 0 aromatic carbocycles. The molecule has 0 spiro atoms. The molecule has 1 N–H and O–H groups in total. The van der Waals surface area contributed by atoms with Gasteiger partial charge in [0.05, 0.1) is 0 Å². The van der Waals surface area contributed by atoms with Crippen molar-refractivity contribution in [2.75, 3.05) is 26.2 Å². The first kappa shape index (κ1) is 9.64. The Kier molecular flexibility index (Phi) is 2.43. The molecule has 0 bridgehead atoms. The van der Waals surface area contributed by atoms with Crippen LogP contribution in [-0.2, 0) is 4.79 Å². The molecule has 3 aliphatic rings. The number of piperidine rings is 1. The number of carbonyl (C=O) groups excluding carboxylic acids is 1. The van der Waals surface area contributed by atoms with Crippen LogP contribution in [0.4, 0.5) is 0 Å². The lowest BCUT2D eigenvalue weighted by Crippen LogP contribution is -2.39. The monoisotopic (exact) mass is 208 g/mol. The van der Waals surface area contributed by atoms with Crippen LogP contribution in [0.15, 0.2) is 0 Å². The second-order valence-electron chi connectivity index (χ2n) is 5.40. The van der Waals surface area contributed by atoms with Gasteiger partial charge >= 0.3 is 0 Å². The van der Waals surface area contributed by atoms with Crippen LogP contribution in [0.25, 0.3) is 0 Å². The fourth-order valence-corrected chi connectivity index (χ4v) is 3.28. The van der Waals surface area contributed by atoms with Crippen molar-refractivity contribution in [3.63, 3.8) is 0 Å². The van der Waals surface area contributed by atoms with E-state index >= 15 is 0 Å². The van der Waals surface area contributed by atoms with Gasteiger partial charge in [-0.15, -0.1) is 0 Å². The lowest BCUT2D eigenvalue weighted by molar-refractivity contribution is -0.133. The molecule has 3 rings (SSSR count). The Morgan fingerprint density at radius 1 is 1.33 bits per heavy atom. The van der Waals surface area contributed by atoms with Crippen LogP contribution in [-0.4, -0.2) is 37.0 Å². The number of hydrogen-bond acceptors (Lipinski definition) is 2. The predicted molar refractivity (Wildman–Crippen MR) is 58.4 cm³/mol. The quantitative estimate of drug-likeness (QED) is 0.730. The summed E-state index contributed by atoms with van der Waals surface area (Å²) in [4.78, 5) is 14.1. The highest BCUT2D eigenvalue weighted by molar-refractivity contribution is 5.82. The summed E-state index contributed by atoms with van der Waals surface area (Å²) in [6, 6.07) is 0. The molecule has 15 heavy (non-hydrogen) atoms. The van der Waals surface area contributed by atoms with Gasteiger partial charge in [0, 0.05) is 19.0 Å². The van der Waals surface area contributed by atoms with E-state index in [-0.39, 0.29) is 0 Å². The van der Waals surface area contributed by atoms with Gasteiger partial charge < -0.3 is 10.2 Å². The third kappa shape index (κ3) is 1.67. The van der Waals surface area contributed by atoms with E-state index in [4.69, 9.17) is 0 Å². The van der Waals surface area contributed by atoms with E-state index in [9.17, 15) is 4.79 Å². The number of fused-ring (bicyclic) bond motifs is 1. The minimum Gasteiger partial charge on any atom is -0.342 e. The molecule has 3 heteroatoms. The van der Waals surface area contributed by atoms with Crippen molar-refractivity contribution in [3.05, 3.63) is 0 Å². The van der Waals surface area contributed by atoms with Crippen LogP contribution in [0.1, 0.15) is 25.7 Å². The van der Waals surface area contributed by atoms with Gasteiger partial charge in [0.25, 0.3) is 0 Å². The van der Waals surface area contributed by atoms with E-state index in [0.717, 1.165) is 32.6 Å². The number of nitrogens with one attached hydrogen (secondary N) is 1. The minimum atomic E-state index is 0.418. The van der Waals surface area contributed by atoms with Crippen molar-refractivity contribution in [2.24, 2.45) is 17.8 Å².